The molecule has 1 amide bonds. The first-order valence-corrected chi connectivity index (χ1v) is 14.2. The quantitative estimate of drug-likeness (QED) is 0.554. The second kappa shape index (κ2) is 11.4. The van der Waals surface area contributed by atoms with E-state index in [0.717, 1.165) is 12.1 Å². The number of hydrogen-bond acceptors (Lipinski definition) is 4. The van der Waals surface area contributed by atoms with Crippen molar-refractivity contribution in [2.75, 3.05) is 26.2 Å². The fourth-order valence-corrected chi connectivity index (χ4v) is 6.55. The lowest BCUT2D eigenvalue weighted by atomic mass is 9.98. The van der Waals surface area contributed by atoms with Crippen LogP contribution >= 0.6 is 23.2 Å². The highest BCUT2D eigenvalue weighted by Gasteiger charge is 2.32. The number of piperidine rings is 1. The van der Waals surface area contributed by atoms with Crippen LogP contribution in [0.4, 0.5) is 0 Å². The molecular weight excluding hydrogens is 493 g/mol. The van der Waals surface area contributed by atoms with Crippen molar-refractivity contribution < 1.29 is 13.2 Å². The van der Waals surface area contributed by atoms with E-state index in [4.69, 9.17) is 23.2 Å². The Morgan fingerprint density at radius 3 is 2.29 bits per heavy atom. The minimum atomic E-state index is -3.57. The van der Waals surface area contributed by atoms with Gasteiger partial charge in [-0.2, -0.15) is 0 Å². The van der Waals surface area contributed by atoms with Gasteiger partial charge in [-0.05, 0) is 67.6 Å². The van der Waals surface area contributed by atoms with Crippen LogP contribution in [0.5, 0.6) is 0 Å². The predicted octanol–water partition coefficient (Wildman–Crippen LogP) is 4.45. The Morgan fingerprint density at radius 1 is 0.912 bits per heavy atom. The molecule has 2 aliphatic heterocycles. The van der Waals surface area contributed by atoms with Crippen LogP contribution in [0.2, 0.25) is 10.0 Å². The molecule has 2 aromatic carbocycles. The SMILES string of the molecule is O=C(NCc1ccc(CN2CCCC2)cc1)[C@@H]1CCCN(S(=O)(=O)Cc2ccc(Cl)c(Cl)c2)C1. The minimum absolute atomic E-state index is 0.101. The summed E-state index contributed by atoms with van der Waals surface area (Å²) in [5.74, 6) is -0.621. The highest BCUT2D eigenvalue weighted by Crippen LogP contribution is 2.26. The topological polar surface area (TPSA) is 69.7 Å². The molecule has 0 spiro atoms. The number of sulfonamides is 1. The molecule has 1 atom stereocenters. The molecule has 0 unspecified atom stereocenters. The predicted molar refractivity (Wildman–Crippen MR) is 136 cm³/mol. The zero-order chi connectivity index (χ0) is 24.1. The van der Waals surface area contributed by atoms with Crippen molar-refractivity contribution in [2.24, 2.45) is 5.92 Å². The Hall–Kier alpha value is -1.64. The van der Waals surface area contributed by atoms with Crippen molar-refractivity contribution in [3.63, 3.8) is 0 Å². The molecule has 9 heteroatoms. The molecule has 2 aromatic rings. The zero-order valence-corrected chi connectivity index (χ0v) is 21.5. The Morgan fingerprint density at radius 2 is 1.59 bits per heavy atom. The van der Waals surface area contributed by atoms with Crippen molar-refractivity contribution in [3.05, 3.63) is 69.2 Å². The zero-order valence-electron chi connectivity index (χ0n) is 19.2. The van der Waals surface area contributed by atoms with Gasteiger partial charge in [0.1, 0.15) is 0 Å². The number of amides is 1. The van der Waals surface area contributed by atoms with Gasteiger partial charge in [-0.3, -0.25) is 9.69 Å². The van der Waals surface area contributed by atoms with Crippen molar-refractivity contribution in [1.82, 2.24) is 14.5 Å². The Labute approximate surface area is 212 Å². The molecular formula is C25H31Cl2N3O3S. The van der Waals surface area contributed by atoms with Crippen LogP contribution in [0.15, 0.2) is 42.5 Å². The summed E-state index contributed by atoms with van der Waals surface area (Å²) in [6.45, 7) is 4.37. The number of nitrogens with one attached hydrogen (secondary N) is 1. The molecule has 0 aliphatic carbocycles. The van der Waals surface area contributed by atoms with E-state index in [9.17, 15) is 13.2 Å². The third-order valence-corrected chi connectivity index (χ3v) is 9.13. The Balaban J connectivity index is 1.29. The summed E-state index contributed by atoms with van der Waals surface area (Å²) < 4.78 is 27.4. The van der Waals surface area contributed by atoms with E-state index in [1.165, 1.54) is 35.8 Å². The van der Waals surface area contributed by atoms with Gasteiger partial charge in [0, 0.05) is 26.2 Å². The summed E-state index contributed by atoms with van der Waals surface area (Å²) >= 11 is 12.0. The molecule has 34 heavy (non-hydrogen) atoms. The van der Waals surface area contributed by atoms with Crippen molar-refractivity contribution in [2.45, 2.75) is 44.5 Å². The standard InChI is InChI=1S/C25H31Cl2N3O3S/c26-23-10-9-21(14-24(23)27)18-34(32,33)30-13-3-4-22(17-30)25(31)28-15-19-5-7-20(8-6-19)16-29-11-1-2-12-29/h5-10,14,22H,1-4,11-13,15-18H2,(H,28,31)/t22-/m1/s1. The van der Waals surface area contributed by atoms with Gasteiger partial charge in [0.25, 0.3) is 0 Å². The van der Waals surface area contributed by atoms with E-state index in [1.54, 1.807) is 18.2 Å². The molecule has 4 rings (SSSR count). The monoisotopic (exact) mass is 523 g/mol. The third kappa shape index (κ3) is 6.73. The molecule has 0 saturated carbocycles. The van der Waals surface area contributed by atoms with Gasteiger partial charge in [-0.25, -0.2) is 12.7 Å². The number of benzene rings is 2. The van der Waals surface area contributed by atoms with E-state index in [1.807, 2.05) is 0 Å². The number of likely N-dealkylation sites (tertiary alicyclic amines) is 1. The number of rotatable bonds is 8. The number of nitrogens with zero attached hydrogens (tertiary/aromatic N) is 2. The number of halogens is 2. The first-order valence-electron chi connectivity index (χ1n) is 11.8. The van der Waals surface area contributed by atoms with Gasteiger partial charge in [0.15, 0.2) is 0 Å². The normalized spacial score (nSPS) is 19.9. The molecule has 2 aliphatic rings. The first kappa shape index (κ1) is 25.5. The second-order valence-corrected chi connectivity index (χ2v) is 12.0. The fourth-order valence-electron chi connectivity index (χ4n) is 4.64. The summed E-state index contributed by atoms with van der Waals surface area (Å²) in [6, 6.07) is 13.2. The lowest BCUT2D eigenvalue weighted by Crippen LogP contribution is -2.45. The second-order valence-electron chi connectivity index (χ2n) is 9.22. The van der Waals surface area contributed by atoms with E-state index >= 15 is 0 Å². The smallest absolute Gasteiger partial charge is 0.224 e. The van der Waals surface area contributed by atoms with Gasteiger partial charge in [-0.1, -0.05) is 53.5 Å². The van der Waals surface area contributed by atoms with E-state index in [2.05, 4.69) is 34.5 Å². The maximum absolute atomic E-state index is 13.0. The average molecular weight is 525 g/mol. The molecule has 2 heterocycles. The highest BCUT2D eigenvalue weighted by atomic mass is 35.5. The van der Waals surface area contributed by atoms with Crippen LogP contribution in [-0.2, 0) is 33.7 Å². The van der Waals surface area contributed by atoms with Crippen LogP contribution in [0.3, 0.4) is 0 Å². The van der Waals surface area contributed by atoms with Gasteiger partial charge in [0.2, 0.25) is 15.9 Å². The van der Waals surface area contributed by atoms with E-state index in [0.29, 0.717) is 41.5 Å². The van der Waals surface area contributed by atoms with Crippen LogP contribution in [0.25, 0.3) is 0 Å². The van der Waals surface area contributed by atoms with Crippen LogP contribution in [0.1, 0.15) is 42.4 Å². The van der Waals surface area contributed by atoms with Gasteiger partial charge >= 0.3 is 0 Å². The van der Waals surface area contributed by atoms with Crippen molar-refractivity contribution in [1.29, 1.82) is 0 Å². The molecule has 184 valence electrons. The van der Waals surface area contributed by atoms with Gasteiger partial charge in [-0.15, -0.1) is 0 Å². The van der Waals surface area contributed by atoms with Gasteiger partial charge < -0.3 is 5.32 Å². The molecule has 0 radical (unpaired) electrons. The number of carbonyl (C=O) groups is 1. The highest BCUT2D eigenvalue weighted by molar-refractivity contribution is 7.88. The Bertz CT molecular complexity index is 1100. The fraction of sp³-hybridized carbons (Fsp3) is 0.480. The average Bonchev–Trinajstić information content (AvgIpc) is 3.34. The summed E-state index contributed by atoms with van der Waals surface area (Å²) in [4.78, 5) is 15.3. The first-order chi connectivity index (χ1) is 16.3. The molecule has 2 fully saturated rings. The molecule has 0 aromatic heterocycles. The lowest BCUT2D eigenvalue weighted by molar-refractivity contribution is -0.126. The summed E-state index contributed by atoms with van der Waals surface area (Å²) in [5.41, 5.74) is 2.90. The molecule has 0 bridgehead atoms. The maximum atomic E-state index is 13.0. The van der Waals surface area contributed by atoms with Crippen LogP contribution in [-0.4, -0.2) is 49.7 Å². The van der Waals surface area contributed by atoms with Crippen LogP contribution < -0.4 is 5.32 Å². The van der Waals surface area contributed by atoms with Crippen LogP contribution in [0, 0.1) is 5.92 Å². The molecule has 2 saturated heterocycles. The molecule has 1 N–H and O–H groups in total. The summed E-state index contributed by atoms with van der Waals surface area (Å²) in [6.07, 6.45) is 3.89. The summed E-state index contributed by atoms with van der Waals surface area (Å²) in [7, 11) is -3.57. The number of hydrogen-bond donors (Lipinski definition) is 1. The maximum Gasteiger partial charge on any atom is 0.224 e. The number of carbonyl (C=O) groups excluding carboxylic acids is 1. The van der Waals surface area contributed by atoms with Crippen molar-refractivity contribution >= 4 is 39.1 Å². The minimum Gasteiger partial charge on any atom is -0.352 e. The summed E-state index contributed by atoms with van der Waals surface area (Å²) in [5, 5.41) is 3.71. The third-order valence-electron chi connectivity index (χ3n) is 6.58. The van der Waals surface area contributed by atoms with E-state index < -0.39 is 10.0 Å². The molecule has 6 nitrogen and oxygen atoms in total. The van der Waals surface area contributed by atoms with Gasteiger partial charge in [0.05, 0.1) is 21.7 Å². The largest absolute Gasteiger partial charge is 0.352 e. The van der Waals surface area contributed by atoms with Crippen molar-refractivity contribution in [3.8, 4) is 0 Å². The van der Waals surface area contributed by atoms with E-state index in [-0.39, 0.29) is 24.1 Å². The Kier molecular flexibility index (Phi) is 8.53. The lowest BCUT2D eigenvalue weighted by Gasteiger charge is -2.31.